The molecule has 1 aromatic heterocycles. The molecule has 128 valence electrons. The van der Waals surface area contributed by atoms with Crippen LogP contribution in [0.15, 0.2) is 53.1 Å². The van der Waals surface area contributed by atoms with Crippen LogP contribution in [0.5, 0.6) is 5.75 Å². The number of hydrogen-bond donors (Lipinski definition) is 1. The maximum absolute atomic E-state index is 12.5. The average molecular weight is 401 g/mol. The van der Waals surface area contributed by atoms with Gasteiger partial charge in [-0.25, -0.2) is 9.78 Å². The molecular formula is C19H17BrN2O3. The van der Waals surface area contributed by atoms with Crippen LogP contribution in [-0.2, 0) is 4.74 Å². The van der Waals surface area contributed by atoms with E-state index in [1.807, 2.05) is 48.5 Å². The molecule has 0 aliphatic heterocycles. The van der Waals surface area contributed by atoms with Gasteiger partial charge < -0.3 is 14.8 Å². The Labute approximate surface area is 154 Å². The molecule has 5 nitrogen and oxygen atoms in total. The van der Waals surface area contributed by atoms with E-state index in [1.165, 1.54) is 0 Å². The Morgan fingerprint density at radius 2 is 1.88 bits per heavy atom. The molecule has 1 N–H and O–H groups in total. The summed E-state index contributed by atoms with van der Waals surface area (Å²) in [5, 5.41) is 4.16. The standard InChI is InChI=1S/C19H17BrN2O3/c1-3-25-19(23)16-17(21-12-8-10-13(24-2)11-9-12)14-6-4-5-7-15(14)22-18(16)20/h4-11H,3H2,1-2H3,(H,21,22). The Morgan fingerprint density at radius 1 is 1.16 bits per heavy atom. The van der Waals surface area contributed by atoms with Gasteiger partial charge in [0.15, 0.2) is 0 Å². The van der Waals surface area contributed by atoms with E-state index in [4.69, 9.17) is 9.47 Å². The largest absolute Gasteiger partial charge is 0.497 e. The molecule has 0 aliphatic rings. The van der Waals surface area contributed by atoms with Crippen LogP contribution in [0, 0.1) is 0 Å². The fourth-order valence-corrected chi connectivity index (χ4v) is 3.07. The third-order valence-electron chi connectivity index (χ3n) is 3.69. The summed E-state index contributed by atoms with van der Waals surface area (Å²) >= 11 is 3.40. The highest BCUT2D eigenvalue weighted by Crippen LogP contribution is 2.34. The highest BCUT2D eigenvalue weighted by molar-refractivity contribution is 9.10. The van der Waals surface area contributed by atoms with Crippen molar-refractivity contribution in [3.8, 4) is 5.75 Å². The molecule has 2 aromatic carbocycles. The fourth-order valence-electron chi connectivity index (χ4n) is 2.52. The molecule has 0 saturated carbocycles. The molecule has 0 atom stereocenters. The van der Waals surface area contributed by atoms with Gasteiger partial charge in [-0.3, -0.25) is 0 Å². The first kappa shape index (κ1) is 17.2. The van der Waals surface area contributed by atoms with Gasteiger partial charge in [0, 0.05) is 11.1 Å². The third-order valence-corrected chi connectivity index (χ3v) is 4.26. The van der Waals surface area contributed by atoms with Gasteiger partial charge in [-0.05, 0) is 53.2 Å². The predicted octanol–water partition coefficient (Wildman–Crippen LogP) is 4.93. The second kappa shape index (κ2) is 7.53. The highest BCUT2D eigenvalue weighted by Gasteiger charge is 2.21. The van der Waals surface area contributed by atoms with Crippen LogP contribution in [-0.4, -0.2) is 24.7 Å². The van der Waals surface area contributed by atoms with Crippen molar-refractivity contribution in [2.24, 2.45) is 0 Å². The molecule has 0 bridgehead atoms. The summed E-state index contributed by atoms with van der Waals surface area (Å²) in [5.41, 5.74) is 2.63. The van der Waals surface area contributed by atoms with Crippen LogP contribution in [0.25, 0.3) is 10.9 Å². The number of fused-ring (bicyclic) bond motifs is 1. The molecule has 0 unspecified atom stereocenters. The Balaban J connectivity index is 2.14. The van der Waals surface area contributed by atoms with Gasteiger partial charge in [0.2, 0.25) is 0 Å². The number of para-hydroxylation sites is 1. The van der Waals surface area contributed by atoms with Gasteiger partial charge in [0.05, 0.1) is 24.9 Å². The first-order chi connectivity index (χ1) is 12.1. The molecule has 0 saturated heterocycles. The van der Waals surface area contributed by atoms with Crippen LogP contribution in [0.2, 0.25) is 0 Å². The Kier molecular flexibility index (Phi) is 5.19. The van der Waals surface area contributed by atoms with Gasteiger partial charge in [-0.1, -0.05) is 18.2 Å². The van der Waals surface area contributed by atoms with E-state index in [9.17, 15) is 4.79 Å². The number of carbonyl (C=O) groups is 1. The number of ether oxygens (including phenoxy) is 2. The quantitative estimate of drug-likeness (QED) is 0.486. The number of hydrogen-bond acceptors (Lipinski definition) is 5. The average Bonchev–Trinajstić information content (AvgIpc) is 2.62. The summed E-state index contributed by atoms with van der Waals surface area (Å²) in [4.78, 5) is 16.9. The monoisotopic (exact) mass is 400 g/mol. The SMILES string of the molecule is CCOC(=O)c1c(Br)nc2ccccc2c1Nc1ccc(OC)cc1. The summed E-state index contributed by atoms with van der Waals surface area (Å²) in [7, 11) is 1.62. The first-order valence-corrected chi connectivity index (χ1v) is 8.59. The number of anilines is 2. The number of rotatable bonds is 5. The number of carbonyl (C=O) groups excluding carboxylic acids is 1. The lowest BCUT2D eigenvalue weighted by atomic mass is 10.1. The van der Waals surface area contributed by atoms with Crippen LogP contribution in [0.4, 0.5) is 11.4 Å². The number of benzene rings is 2. The molecule has 3 aromatic rings. The lowest BCUT2D eigenvalue weighted by Crippen LogP contribution is -2.10. The van der Waals surface area contributed by atoms with Gasteiger partial charge in [-0.2, -0.15) is 0 Å². The summed E-state index contributed by atoms with van der Waals surface area (Å²) in [5.74, 6) is 0.334. The smallest absolute Gasteiger partial charge is 0.343 e. The van der Waals surface area contributed by atoms with E-state index in [0.717, 1.165) is 22.3 Å². The van der Waals surface area contributed by atoms with Crippen LogP contribution in [0.3, 0.4) is 0 Å². The van der Waals surface area contributed by atoms with E-state index in [0.29, 0.717) is 22.5 Å². The minimum Gasteiger partial charge on any atom is -0.497 e. The highest BCUT2D eigenvalue weighted by atomic mass is 79.9. The maximum Gasteiger partial charge on any atom is 0.343 e. The number of methoxy groups -OCH3 is 1. The zero-order valence-corrected chi connectivity index (χ0v) is 15.5. The lowest BCUT2D eigenvalue weighted by Gasteiger charge is -2.16. The molecule has 0 radical (unpaired) electrons. The minimum absolute atomic E-state index is 0.292. The second-order valence-electron chi connectivity index (χ2n) is 5.24. The molecule has 6 heteroatoms. The third kappa shape index (κ3) is 3.58. The number of pyridine rings is 1. The van der Waals surface area contributed by atoms with Gasteiger partial charge >= 0.3 is 5.97 Å². The van der Waals surface area contributed by atoms with Gasteiger partial charge in [0.25, 0.3) is 0 Å². The Morgan fingerprint density at radius 3 is 2.56 bits per heavy atom. The van der Waals surface area contributed by atoms with Crippen molar-refractivity contribution in [2.45, 2.75) is 6.92 Å². The number of halogens is 1. The molecule has 0 spiro atoms. The van der Waals surface area contributed by atoms with Crippen LogP contribution in [0.1, 0.15) is 17.3 Å². The molecule has 1 heterocycles. The van der Waals surface area contributed by atoms with Crippen molar-refractivity contribution in [2.75, 3.05) is 19.0 Å². The summed E-state index contributed by atoms with van der Waals surface area (Å²) < 4.78 is 10.8. The predicted molar refractivity (Wildman–Crippen MR) is 102 cm³/mol. The normalized spacial score (nSPS) is 10.5. The molecule has 0 amide bonds. The van der Waals surface area contributed by atoms with Crippen molar-refractivity contribution in [1.29, 1.82) is 0 Å². The topological polar surface area (TPSA) is 60.5 Å². The van der Waals surface area contributed by atoms with E-state index >= 15 is 0 Å². The number of nitrogens with one attached hydrogen (secondary N) is 1. The van der Waals surface area contributed by atoms with E-state index in [2.05, 4.69) is 26.2 Å². The molecule has 0 aliphatic carbocycles. The Hall–Kier alpha value is -2.60. The molecular weight excluding hydrogens is 384 g/mol. The van der Waals surface area contributed by atoms with Crippen molar-refractivity contribution < 1.29 is 14.3 Å². The van der Waals surface area contributed by atoms with E-state index in [1.54, 1.807) is 14.0 Å². The van der Waals surface area contributed by atoms with Crippen LogP contribution >= 0.6 is 15.9 Å². The minimum atomic E-state index is -0.427. The molecule has 3 rings (SSSR count). The van der Waals surface area contributed by atoms with E-state index < -0.39 is 5.97 Å². The fraction of sp³-hybridized carbons (Fsp3) is 0.158. The van der Waals surface area contributed by atoms with Crippen molar-refractivity contribution in [3.05, 3.63) is 58.7 Å². The summed E-state index contributed by atoms with van der Waals surface area (Å²) in [6.07, 6.45) is 0. The van der Waals surface area contributed by atoms with Crippen LogP contribution < -0.4 is 10.1 Å². The van der Waals surface area contributed by atoms with Crippen molar-refractivity contribution in [3.63, 3.8) is 0 Å². The Bertz CT molecular complexity index is 910. The number of esters is 1. The van der Waals surface area contributed by atoms with Gasteiger partial charge in [-0.15, -0.1) is 0 Å². The molecule has 25 heavy (non-hydrogen) atoms. The molecule has 0 fully saturated rings. The zero-order chi connectivity index (χ0) is 17.8. The second-order valence-corrected chi connectivity index (χ2v) is 5.99. The maximum atomic E-state index is 12.5. The summed E-state index contributed by atoms with van der Waals surface area (Å²) in [6, 6.07) is 15.1. The number of aromatic nitrogens is 1. The van der Waals surface area contributed by atoms with Gasteiger partial charge in [0.1, 0.15) is 15.9 Å². The van der Waals surface area contributed by atoms with Crippen molar-refractivity contribution >= 4 is 44.2 Å². The zero-order valence-electron chi connectivity index (χ0n) is 13.9. The van der Waals surface area contributed by atoms with Crippen molar-refractivity contribution in [1.82, 2.24) is 4.98 Å². The number of nitrogens with zero attached hydrogens (tertiary/aromatic N) is 1. The lowest BCUT2D eigenvalue weighted by molar-refractivity contribution is 0.0526. The first-order valence-electron chi connectivity index (χ1n) is 7.80. The van der Waals surface area contributed by atoms with E-state index in [-0.39, 0.29) is 0 Å². The summed E-state index contributed by atoms with van der Waals surface area (Å²) in [6.45, 7) is 2.07.